The molecule has 2 rings (SSSR count). The summed E-state index contributed by atoms with van der Waals surface area (Å²) in [7, 11) is 1.78. The van der Waals surface area contributed by atoms with E-state index in [-0.39, 0.29) is 11.8 Å². The van der Waals surface area contributed by atoms with Crippen LogP contribution in [0.4, 0.5) is 0 Å². The fourth-order valence-corrected chi connectivity index (χ4v) is 2.27. The fourth-order valence-electron chi connectivity index (χ4n) is 2.27. The van der Waals surface area contributed by atoms with Crippen LogP contribution in [0.25, 0.3) is 0 Å². The number of amides is 2. The van der Waals surface area contributed by atoms with Crippen molar-refractivity contribution in [2.45, 2.75) is 39.2 Å². The van der Waals surface area contributed by atoms with Gasteiger partial charge in [0.25, 0.3) is 0 Å². The summed E-state index contributed by atoms with van der Waals surface area (Å²) in [6.45, 7) is 3.13. The Morgan fingerprint density at radius 2 is 2.20 bits per heavy atom. The molecule has 0 aromatic carbocycles. The number of carbonyl (C=O) groups is 2. The van der Waals surface area contributed by atoms with E-state index < -0.39 is 5.41 Å². The van der Waals surface area contributed by atoms with E-state index in [0.717, 1.165) is 12.8 Å². The Bertz CT molecular complexity index is 463. The van der Waals surface area contributed by atoms with Crippen molar-refractivity contribution in [3.8, 4) is 0 Å². The first-order valence-electron chi connectivity index (χ1n) is 7.16. The molecule has 0 saturated heterocycles. The highest BCUT2D eigenvalue weighted by molar-refractivity contribution is 6.07. The van der Waals surface area contributed by atoms with Crippen molar-refractivity contribution >= 4 is 11.8 Å². The number of furan rings is 1. The lowest BCUT2D eigenvalue weighted by molar-refractivity contribution is -0.143. The Morgan fingerprint density at radius 1 is 1.45 bits per heavy atom. The highest BCUT2D eigenvalue weighted by Crippen LogP contribution is 2.47. The van der Waals surface area contributed by atoms with Crippen molar-refractivity contribution in [3.63, 3.8) is 0 Å². The van der Waals surface area contributed by atoms with Crippen molar-refractivity contribution in [3.05, 3.63) is 24.2 Å². The number of unbranched alkanes of at least 4 members (excludes halogenated alkanes) is 1. The number of hydrogen-bond acceptors (Lipinski definition) is 3. The number of nitrogens with one attached hydrogen (secondary N) is 1. The first-order chi connectivity index (χ1) is 9.60. The van der Waals surface area contributed by atoms with E-state index in [1.54, 1.807) is 30.3 Å². The smallest absolute Gasteiger partial charge is 0.238 e. The summed E-state index contributed by atoms with van der Waals surface area (Å²) in [5.41, 5.74) is -0.824. The lowest BCUT2D eigenvalue weighted by atomic mass is 10.0. The van der Waals surface area contributed by atoms with Gasteiger partial charge in [0.1, 0.15) is 11.2 Å². The van der Waals surface area contributed by atoms with Crippen LogP contribution in [0.2, 0.25) is 0 Å². The molecule has 20 heavy (non-hydrogen) atoms. The molecule has 0 atom stereocenters. The van der Waals surface area contributed by atoms with Crippen LogP contribution in [0.1, 0.15) is 38.4 Å². The maximum absolute atomic E-state index is 12.4. The van der Waals surface area contributed by atoms with E-state index in [2.05, 4.69) is 12.2 Å². The summed E-state index contributed by atoms with van der Waals surface area (Å²) in [5.74, 6) is 0.464. The first-order valence-corrected chi connectivity index (χ1v) is 7.16. The van der Waals surface area contributed by atoms with Gasteiger partial charge in [0.15, 0.2) is 0 Å². The molecule has 0 spiro atoms. The third-order valence-electron chi connectivity index (χ3n) is 3.79. The zero-order chi connectivity index (χ0) is 14.6. The second-order valence-electron chi connectivity index (χ2n) is 5.42. The van der Waals surface area contributed by atoms with Crippen LogP contribution in [-0.4, -0.2) is 30.3 Å². The molecular weight excluding hydrogens is 256 g/mol. The summed E-state index contributed by atoms with van der Waals surface area (Å²) in [6, 6.07) is 3.58. The molecule has 5 nitrogen and oxygen atoms in total. The maximum atomic E-state index is 12.4. The summed E-state index contributed by atoms with van der Waals surface area (Å²) in [5, 5.41) is 2.80. The monoisotopic (exact) mass is 278 g/mol. The Hall–Kier alpha value is -1.78. The van der Waals surface area contributed by atoms with Crippen LogP contribution in [0.3, 0.4) is 0 Å². The summed E-state index contributed by atoms with van der Waals surface area (Å²) in [4.78, 5) is 26.3. The van der Waals surface area contributed by atoms with E-state index in [4.69, 9.17) is 4.42 Å². The molecule has 0 aliphatic heterocycles. The molecule has 1 fully saturated rings. The molecule has 2 amide bonds. The Labute approximate surface area is 119 Å². The van der Waals surface area contributed by atoms with E-state index in [1.165, 1.54) is 0 Å². The van der Waals surface area contributed by atoms with Gasteiger partial charge >= 0.3 is 0 Å². The van der Waals surface area contributed by atoms with Gasteiger partial charge in [0, 0.05) is 13.6 Å². The third kappa shape index (κ3) is 3.03. The van der Waals surface area contributed by atoms with Crippen LogP contribution >= 0.6 is 0 Å². The second kappa shape index (κ2) is 6.11. The van der Waals surface area contributed by atoms with Crippen molar-refractivity contribution in [2.24, 2.45) is 5.41 Å². The van der Waals surface area contributed by atoms with Gasteiger partial charge in [-0.15, -0.1) is 0 Å². The molecule has 1 aromatic heterocycles. The summed E-state index contributed by atoms with van der Waals surface area (Å²) in [6.07, 6.45) is 4.86. The van der Waals surface area contributed by atoms with E-state index >= 15 is 0 Å². The highest BCUT2D eigenvalue weighted by Gasteiger charge is 2.57. The number of carbonyl (C=O) groups excluding carboxylic acids is 2. The van der Waals surface area contributed by atoms with Crippen LogP contribution < -0.4 is 5.32 Å². The highest BCUT2D eigenvalue weighted by atomic mass is 16.3. The van der Waals surface area contributed by atoms with E-state index in [0.29, 0.717) is 31.7 Å². The molecule has 0 unspecified atom stereocenters. The number of rotatable bonds is 7. The van der Waals surface area contributed by atoms with Gasteiger partial charge in [0.2, 0.25) is 11.8 Å². The zero-order valence-corrected chi connectivity index (χ0v) is 12.1. The van der Waals surface area contributed by atoms with Crippen LogP contribution in [0, 0.1) is 5.41 Å². The second-order valence-corrected chi connectivity index (χ2v) is 5.42. The zero-order valence-electron chi connectivity index (χ0n) is 12.1. The largest absolute Gasteiger partial charge is 0.467 e. The van der Waals surface area contributed by atoms with E-state index in [1.807, 2.05) is 0 Å². The molecule has 1 heterocycles. The molecule has 1 N–H and O–H groups in total. The molecule has 1 saturated carbocycles. The maximum Gasteiger partial charge on any atom is 0.238 e. The normalized spacial score (nSPS) is 15.7. The summed E-state index contributed by atoms with van der Waals surface area (Å²) >= 11 is 0. The SMILES string of the molecule is CCCCN(C)C(=O)C1(C(=O)NCc2ccco2)CC1. The average molecular weight is 278 g/mol. The standard InChI is InChI=1S/C15H22N2O3/c1-3-4-9-17(2)14(19)15(7-8-15)13(18)16-11-12-6-5-10-20-12/h5-6,10H,3-4,7-9,11H2,1-2H3,(H,16,18). The van der Waals surface area contributed by atoms with Crippen molar-refractivity contribution in [1.82, 2.24) is 10.2 Å². The first kappa shape index (κ1) is 14.6. The lowest BCUT2D eigenvalue weighted by Gasteiger charge is -2.22. The van der Waals surface area contributed by atoms with E-state index in [9.17, 15) is 9.59 Å². The van der Waals surface area contributed by atoms with Crippen LogP contribution in [-0.2, 0) is 16.1 Å². The Kier molecular flexibility index (Phi) is 4.47. The van der Waals surface area contributed by atoms with Crippen molar-refractivity contribution in [2.75, 3.05) is 13.6 Å². The summed E-state index contributed by atoms with van der Waals surface area (Å²) < 4.78 is 5.17. The molecule has 0 bridgehead atoms. The van der Waals surface area contributed by atoms with Crippen LogP contribution in [0.5, 0.6) is 0 Å². The van der Waals surface area contributed by atoms with Gasteiger partial charge in [-0.3, -0.25) is 9.59 Å². The van der Waals surface area contributed by atoms with Gasteiger partial charge in [-0.25, -0.2) is 0 Å². The van der Waals surface area contributed by atoms with Gasteiger partial charge in [0.05, 0.1) is 12.8 Å². The average Bonchev–Trinajstić information content (AvgIpc) is 3.11. The lowest BCUT2D eigenvalue weighted by Crippen LogP contribution is -2.43. The predicted molar refractivity (Wildman–Crippen MR) is 74.8 cm³/mol. The predicted octanol–water partition coefficient (Wildman–Crippen LogP) is 1.93. The molecular formula is C15H22N2O3. The minimum atomic E-state index is -0.824. The van der Waals surface area contributed by atoms with Crippen molar-refractivity contribution < 1.29 is 14.0 Å². The number of nitrogens with zero attached hydrogens (tertiary/aromatic N) is 1. The van der Waals surface area contributed by atoms with Gasteiger partial charge in [-0.05, 0) is 31.4 Å². The Morgan fingerprint density at radius 3 is 2.75 bits per heavy atom. The molecule has 0 radical (unpaired) electrons. The van der Waals surface area contributed by atoms with Crippen LogP contribution in [0.15, 0.2) is 22.8 Å². The Balaban J connectivity index is 1.89. The minimum absolute atomic E-state index is 0.0529. The minimum Gasteiger partial charge on any atom is -0.467 e. The van der Waals surface area contributed by atoms with Gasteiger partial charge < -0.3 is 14.6 Å². The third-order valence-corrected chi connectivity index (χ3v) is 3.79. The quantitative estimate of drug-likeness (QED) is 0.775. The molecule has 1 aromatic rings. The van der Waals surface area contributed by atoms with Gasteiger partial charge in [-0.2, -0.15) is 0 Å². The molecule has 1 aliphatic carbocycles. The van der Waals surface area contributed by atoms with Gasteiger partial charge in [-0.1, -0.05) is 13.3 Å². The molecule has 5 heteroatoms. The number of hydrogen-bond donors (Lipinski definition) is 1. The fraction of sp³-hybridized carbons (Fsp3) is 0.600. The topological polar surface area (TPSA) is 62.6 Å². The molecule has 1 aliphatic rings. The van der Waals surface area contributed by atoms with Crippen molar-refractivity contribution in [1.29, 1.82) is 0 Å². The molecule has 110 valence electrons.